The van der Waals surface area contributed by atoms with E-state index in [0.29, 0.717) is 11.3 Å². The number of carbonyl (C=O) groups is 3. The number of nitrogens with zero attached hydrogens (tertiary/aromatic N) is 1. The zero-order valence-electron chi connectivity index (χ0n) is 13.6. The van der Waals surface area contributed by atoms with Gasteiger partial charge in [0.1, 0.15) is 5.69 Å². The molecule has 1 saturated carbocycles. The number of hydrogen-bond acceptors (Lipinski definition) is 5. The number of amides is 2. The Kier molecular flexibility index (Phi) is 4.74. The first kappa shape index (κ1) is 16.6. The van der Waals surface area contributed by atoms with Gasteiger partial charge in [0.2, 0.25) is 0 Å². The third-order valence-corrected chi connectivity index (χ3v) is 3.75. The molecule has 0 saturated heterocycles. The molecule has 2 N–H and O–H groups in total. The Hall–Kier alpha value is -3.22. The van der Waals surface area contributed by atoms with Crippen LogP contribution in [0.4, 0.5) is 5.69 Å². The number of ether oxygens (including phenoxy) is 1. The minimum absolute atomic E-state index is 0.0862. The van der Waals surface area contributed by atoms with E-state index in [2.05, 4.69) is 15.6 Å². The number of rotatable bonds is 5. The van der Waals surface area contributed by atoms with Gasteiger partial charge in [-0.3, -0.25) is 14.6 Å². The van der Waals surface area contributed by atoms with Crippen molar-refractivity contribution in [3.05, 3.63) is 59.4 Å². The Morgan fingerprint density at radius 3 is 2.60 bits per heavy atom. The monoisotopic (exact) mass is 339 g/mol. The molecule has 2 aromatic rings. The van der Waals surface area contributed by atoms with E-state index in [1.807, 2.05) is 0 Å². The number of esters is 1. The molecule has 0 atom stereocenters. The lowest BCUT2D eigenvalue weighted by Crippen LogP contribution is -2.26. The summed E-state index contributed by atoms with van der Waals surface area (Å²) in [4.78, 5) is 40.3. The van der Waals surface area contributed by atoms with Gasteiger partial charge in [-0.25, -0.2) is 4.79 Å². The molecule has 7 nitrogen and oxygen atoms in total. The van der Waals surface area contributed by atoms with Gasteiger partial charge in [0, 0.05) is 17.8 Å². The average Bonchev–Trinajstić information content (AvgIpc) is 3.45. The highest BCUT2D eigenvalue weighted by Crippen LogP contribution is 2.20. The summed E-state index contributed by atoms with van der Waals surface area (Å²) >= 11 is 0. The molecule has 7 heteroatoms. The fraction of sp³-hybridized carbons (Fsp3) is 0.222. The molecule has 0 bridgehead atoms. The largest absolute Gasteiger partial charge is 0.465 e. The van der Waals surface area contributed by atoms with Crippen LogP contribution in [-0.4, -0.2) is 35.9 Å². The van der Waals surface area contributed by atoms with Gasteiger partial charge in [0.15, 0.2) is 0 Å². The molecule has 1 aromatic heterocycles. The van der Waals surface area contributed by atoms with Crippen LogP contribution in [0.3, 0.4) is 0 Å². The van der Waals surface area contributed by atoms with Crippen molar-refractivity contribution < 1.29 is 19.1 Å². The van der Waals surface area contributed by atoms with Crippen LogP contribution in [0.15, 0.2) is 42.6 Å². The Bertz CT molecular complexity index is 831. The number of nitrogens with one attached hydrogen (secondary N) is 2. The standard InChI is InChI=1S/C18H17N3O4/c1-25-18(24)13-4-2-3-5-14(13)21-17(23)15-10-11(8-9-19-15)16(22)20-12-6-7-12/h2-5,8-10,12H,6-7H2,1H3,(H,20,22)(H,21,23). The highest BCUT2D eigenvalue weighted by atomic mass is 16.5. The normalized spacial score (nSPS) is 13.0. The van der Waals surface area contributed by atoms with Crippen LogP contribution in [0.1, 0.15) is 44.0 Å². The van der Waals surface area contributed by atoms with E-state index in [4.69, 9.17) is 4.74 Å². The lowest BCUT2D eigenvalue weighted by atomic mass is 10.1. The van der Waals surface area contributed by atoms with Crippen molar-refractivity contribution >= 4 is 23.5 Å². The van der Waals surface area contributed by atoms with Crippen molar-refractivity contribution in [1.82, 2.24) is 10.3 Å². The molecular formula is C18H17N3O4. The minimum Gasteiger partial charge on any atom is -0.465 e. The molecule has 25 heavy (non-hydrogen) atoms. The van der Waals surface area contributed by atoms with Gasteiger partial charge in [-0.15, -0.1) is 0 Å². The van der Waals surface area contributed by atoms with Crippen LogP contribution in [0, 0.1) is 0 Å². The molecule has 128 valence electrons. The van der Waals surface area contributed by atoms with E-state index in [-0.39, 0.29) is 23.2 Å². The third kappa shape index (κ3) is 4.00. The fourth-order valence-corrected chi connectivity index (χ4v) is 2.26. The lowest BCUT2D eigenvalue weighted by molar-refractivity contribution is 0.0601. The van der Waals surface area contributed by atoms with Crippen LogP contribution >= 0.6 is 0 Å². The molecule has 0 aliphatic heterocycles. The molecule has 1 heterocycles. The molecule has 3 rings (SSSR count). The molecule has 1 aromatic carbocycles. The Morgan fingerprint density at radius 2 is 1.88 bits per heavy atom. The number of anilines is 1. The van der Waals surface area contributed by atoms with Crippen LogP contribution in [0.25, 0.3) is 0 Å². The summed E-state index contributed by atoms with van der Waals surface area (Å²) in [6.07, 6.45) is 3.37. The number of benzene rings is 1. The Labute approximate surface area is 144 Å². The average molecular weight is 339 g/mol. The number of methoxy groups -OCH3 is 1. The second-order valence-corrected chi connectivity index (χ2v) is 5.67. The number of carbonyl (C=O) groups excluding carboxylic acids is 3. The quantitative estimate of drug-likeness (QED) is 0.812. The number of hydrogen-bond donors (Lipinski definition) is 2. The van der Waals surface area contributed by atoms with Gasteiger partial charge < -0.3 is 15.4 Å². The van der Waals surface area contributed by atoms with E-state index >= 15 is 0 Å². The van der Waals surface area contributed by atoms with E-state index in [1.54, 1.807) is 30.3 Å². The van der Waals surface area contributed by atoms with E-state index in [0.717, 1.165) is 12.8 Å². The van der Waals surface area contributed by atoms with Crippen LogP contribution < -0.4 is 10.6 Å². The predicted octanol–water partition coefficient (Wildman–Crippen LogP) is 2.01. The molecule has 1 aliphatic rings. The maximum absolute atomic E-state index is 12.4. The van der Waals surface area contributed by atoms with Crippen molar-refractivity contribution in [2.75, 3.05) is 12.4 Å². The second-order valence-electron chi connectivity index (χ2n) is 5.67. The number of para-hydroxylation sites is 1. The minimum atomic E-state index is -0.554. The first-order valence-electron chi connectivity index (χ1n) is 7.84. The second kappa shape index (κ2) is 7.12. The summed E-state index contributed by atoms with van der Waals surface area (Å²) in [5, 5.41) is 5.49. The zero-order chi connectivity index (χ0) is 17.8. The molecule has 0 spiro atoms. The van der Waals surface area contributed by atoms with Gasteiger partial charge >= 0.3 is 5.97 Å². The molecule has 1 fully saturated rings. The number of pyridine rings is 1. The predicted molar refractivity (Wildman–Crippen MR) is 90.5 cm³/mol. The maximum Gasteiger partial charge on any atom is 0.339 e. The van der Waals surface area contributed by atoms with Crippen LogP contribution in [0.2, 0.25) is 0 Å². The van der Waals surface area contributed by atoms with Crippen molar-refractivity contribution in [3.8, 4) is 0 Å². The van der Waals surface area contributed by atoms with Crippen LogP contribution in [0.5, 0.6) is 0 Å². The van der Waals surface area contributed by atoms with Gasteiger partial charge in [-0.2, -0.15) is 0 Å². The molecule has 1 aliphatic carbocycles. The Balaban J connectivity index is 1.77. The molecule has 2 amide bonds. The van der Waals surface area contributed by atoms with Crippen molar-refractivity contribution in [3.63, 3.8) is 0 Å². The fourth-order valence-electron chi connectivity index (χ4n) is 2.26. The maximum atomic E-state index is 12.4. The summed E-state index contributed by atoms with van der Waals surface area (Å²) in [5.41, 5.74) is 1.01. The van der Waals surface area contributed by atoms with Gasteiger partial charge in [0.25, 0.3) is 11.8 Å². The summed E-state index contributed by atoms with van der Waals surface area (Å²) in [6, 6.07) is 9.70. The SMILES string of the molecule is COC(=O)c1ccccc1NC(=O)c1cc(C(=O)NC2CC2)ccn1. The van der Waals surface area contributed by atoms with E-state index in [9.17, 15) is 14.4 Å². The Morgan fingerprint density at radius 1 is 1.12 bits per heavy atom. The molecule has 0 unspecified atom stereocenters. The van der Waals surface area contributed by atoms with E-state index < -0.39 is 11.9 Å². The highest BCUT2D eigenvalue weighted by molar-refractivity contribution is 6.08. The first-order valence-corrected chi connectivity index (χ1v) is 7.84. The van der Waals surface area contributed by atoms with E-state index in [1.165, 1.54) is 19.4 Å². The summed E-state index contributed by atoms with van der Waals surface area (Å²) < 4.78 is 4.70. The third-order valence-electron chi connectivity index (χ3n) is 3.75. The highest BCUT2D eigenvalue weighted by Gasteiger charge is 2.24. The van der Waals surface area contributed by atoms with Crippen molar-refractivity contribution in [1.29, 1.82) is 0 Å². The van der Waals surface area contributed by atoms with Crippen LogP contribution in [-0.2, 0) is 4.74 Å². The topological polar surface area (TPSA) is 97.4 Å². The number of aromatic nitrogens is 1. The van der Waals surface area contributed by atoms with Gasteiger partial charge in [-0.05, 0) is 37.1 Å². The van der Waals surface area contributed by atoms with Gasteiger partial charge in [-0.1, -0.05) is 12.1 Å². The summed E-state index contributed by atoms with van der Waals surface area (Å²) in [6.45, 7) is 0. The first-order chi connectivity index (χ1) is 12.1. The molecule has 0 radical (unpaired) electrons. The van der Waals surface area contributed by atoms with Crippen molar-refractivity contribution in [2.24, 2.45) is 0 Å². The molecular weight excluding hydrogens is 322 g/mol. The zero-order valence-corrected chi connectivity index (χ0v) is 13.6. The smallest absolute Gasteiger partial charge is 0.339 e. The summed E-state index contributed by atoms with van der Waals surface area (Å²) in [7, 11) is 1.27. The lowest BCUT2D eigenvalue weighted by Gasteiger charge is -2.10. The van der Waals surface area contributed by atoms with Gasteiger partial charge in [0.05, 0.1) is 18.4 Å². The van der Waals surface area contributed by atoms with Crippen molar-refractivity contribution in [2.45, 2.75) is 18.9 Å². The summed E-state index contributed by atoms with van der Waals surface area (Å²) in [5.74, 6) is -1.30.